The molecule has 1 aromatic carbocycles. The zero-order chi connectivity index (χ0) is 17.5. The van der Waals surface area contributed by atoms with Crippen LogP contribution in [0, 0.1) is 6.92 Å². The molecule has 0 aromatic heterocycles. The van der Waals surface area contributed by atoms with E-state index >= 15 is 0 Å². The summed E-state index contributed by atoms with van der Waals surface area (Å²) < 4.78 is 5.86. The minimum absolute atomic E-state index is 0.0830. The summed E-state index contributed by atoms with van der Waals surface area (Å²) >= 11 is 0. The molecule has 1 aliphatic heterocycles. The first kappa shape index (κ1) is 18.5. The number of ether oxygens (including phenoxy) is 1. The van der Waals surface area contributed by atoms with Gasteiger partial charge < -0.3 is 20.3 Å². The molecule has 2 atom stereocenters. The lowest BCUT2D eigenvalue weighted by molar-refractivity contribution is 0.114. The van der Waals surface area contributed by atoms with Crippen LogP contribution < -0.4 is 15.4 Å². The minimum Gasteiger partial charge on any atom is -0.489 e. The fourth-order valence-corrected chi connectivity index (χ4v) is 2.78. The molecule has 0 aliphatic carbocycles. The van der Waals surface area contributed by atoms with Gasteiger partial charge in [-0.05, 0) is 39.6 Å². The van der Waals surface area contributed by atoms with Crippen LogP contribution in [0.2, 0.25) is 0 Å². The van der Waals surface area contributed by atoms with Crippen molar-refractivity contribution in [1.29, 1.82) is 0 Å². The largest absolute Gasteiger partial charge is 0.489 e. The van der Waals surface area contributed by atoms with Gasteiger partial charge in [0, 0.05) is 32.2 Å². The summed E-state index contributed by atoms with van der Waals surface area (Å²) in [4.78, 5) is 16.6. The zero-order valence-corrected chi connectivity index (χ0v) is 15.2. The van der Waals surface area contributed by atoms with Crippen LogP contribution in [0.1, 0.15) is 12.5 Å². The molecule has 0 saturated carbocycles. The van der Waals surface area contributed by atoms with Gasteiger partial charge in [-0.3, -0.25) is 4.90 Å². The van der Waals surface area contributed by atoms with Gasteiger partial charge in [0.2, 0.25) is 0 Å². The summed E-state index contributed by atoms with van der Waals surface area (Å²) in [6.45, 7) is 8.18. The first-order chi connectivity index (χ1) is 11.5. The SMILES string of the molecule is Cc1ccccc1O[C@H](C)CNC(=O)NC[C@@H]1CN(C)CCN1C. The molecule has 2 amide bonds. The number of para-hydroxylation sites is 1. The molecular formula is C18H30N4O2. The van der Waals surface area contributed by atoms with Gasteiger partial charge in [0.05, 0.1) is 6.54 Å². The second-order valence-corrected chi connectivity index (χ2v) is 6.68. The van der Waals surface area contributed by atoms with Crippen molar-refractivity contribution in [1.82, 2.24) is 20.4 Å². The lowest BCUT2D eigenvalue weighted by atomic mass is 10.2. The van der Waals surface area contributed by atoms with Gasteiger partial charge >= 0.3 is 6.03 Å². The van der Waals surface area contributed by atoms with E-state index in [1.165, 1.54) is 0 Å². The summed E-state index contributed by atoms with van der Waals surface area (Å²) in [7, 11) is 4.22. The molecule has 2 rings (SSSR count). The van der Waals surface area contributed by atoms with Crippen molar-refractivity contribution in [3.8, 4) is 5.75 Å². The van der Waals surface area contributed by atoms with Gasteiger partial charge in [0.25, 0.3) is 0 Å². The summed E-state index contributed by atoms with van der Waals surface area (Å²) in [6.07, 6.45) is -0.0830. The molecule has 24 heavy (non-hydrogen) atoms. The summed E-state index contributed by atoms with van der Waals surface area (Å²) in [6, 6.07) is 8.11. The number of hydrogen-bond acceptors (Lipinski definition) is 4. The van der Waals surface area contributed by atoms with E-state index in [0.29, 0.717) is 19.1 Å². The van der Waals surface area contributed by atoms with Crippen LogP contribution in [0.25, 0.3) is 0 Å². The molecular weight excluding hydrogens is 304 g/mol. The molecule has 0 spiro atoms. The quantitative estimate of drug-likeness (QED) is 0.824. The number of carbonyl (C=O) groups excluding carboxylic acids is 1. The third-order valence-corrected chi connectivity index (χ3v) is 4.45. The van der Waals surface area contributed by atoms with Crippen molar-refractivity contribution in [3.63, 3.8) is 0 Å². The van der Waals surface area contributed by atoms with Crippen LogP contribution in [0.15, 0.2) is 24.3 Å². The van der Waals surface area contributed by atoms with E-state index in [1.807, 2.05) is 38.1 Å². The Bertz CT molecular complexity index is 538. The van der Waals surface area contributed by atoms with Crippen LogP contribution in [0.3, 0.4) is 0 Å². The Morgan fingerprint density at radius 1 is 1.29 bits per heavy atom. The van der Waals surface area contributed by atoms with Gasteiger partial charge in [0.1, 0.15) is 11.9 Å². The Kier molecular flexibility index (Phi) is 6.87. The number of benzene rings is 1. The van der Waals surface area contributed by atoms with Crippen molar-refractivity contribution in [2.75, 3.05) is 46.8 Å². The first-order valence-corrected chi connectivity index (χ1v) is 8.58. The van der Waals surface area contributed by atoms with E-state index in [4.69, 9.17) is 4.74 Å². The van der Waals surface area contributed by atoms with Crippen molar-refractivity contribution in [2.24, 2.45) is 0 Å². The van der Waals surface area contributed by atoms with Gasteiger partial charge in [-0.1, -0.05) is 18.2 Å². The molecule has 6 heteroatoms. The molecule has 6 nitrogen and oxygen atoms in total. The number of nitrogens with zero attached hydrogens (tertiary/aromatic N) is 2. The molecule has 2 N–H and O–H groups in total. The van der Waals surface area contributed by atoms with Gasteiger partial charge in [-0.2, -0.15) is 0 Å². The Morgan fingerprint density at radius 3 is 2.79 bits per heavy atom. The number of hydrogen-bond donors (Lipinski definition) is 2. The zero-order valence-electron chi connectivity index (χ0n) is 15.2. The van der Waals surface area contributed by atoms with Crippen molar-refractivity contribution < 1.29 is 9.53 Å². The number of urea groups is 1. The highest BCUT2D eigenvalue weighted by atomic mass is 16.5. The number of likely N-dealkylation sites (N-methyl/N-ethyl adjacent to an activating group) is 2. The number of carbonyl (C=O) groups is 1. The normalized spacial score (nSPS) is 20.4. The van der Waals surface area contributed by atoms with Crippen LogP contribution in [0.4, 0.5) is 4.79 Å². The van der Waals surface area contributed by atoms with E-state index in [9.17, 15) is 4.79 Å². The smallest absolute Gasteiger partial charge is 0.314 e. The number of rotatable bonds is 6. The van der Waals surface area contributed by atoms with E-state index in [-0.39, 0.29) is 12.1 Å². The van der Waals surface area contributed by atoms with E-state index < -0.39 is 0 Å². The highest BCUT2D eigenvalue weighted by Crippen LogP contribution is 2.17. The molecule has 1 aromatic rings. The first-order valence-electron chi connectivity index (χ1n) is 8.58. The van der Waals surface area contributed by atoms with E-state index in [1.54, 1.807) is 0 Å². The van der Waals surface area contributed by atoms with E-state index in [2.05, 4.69) is 34.5 Å². The van der Waals surface area contributed by atoms with Crippen LogP contribution in [-0.4, -0.2) is 74.8 Å². The Balaban J connectivity index is 1.68. The second kappa shape index (κ2) is 8.89. The highest BCUT2D eigenvalue weighted by Gasteiger charge is 2.22. The average molecular weight is 334 g/mol. The summed E-state index contributed by atoms with van der Waals surface area (Å²) in [5.41, 5.74) is 1.10. The maximum Gasteiger partial charge on any atom is 0.314 e. The topological polar surface area (TPSA) is 56.8 Å². The number of amides is 2. The van der Waals surface area contributed by atoms with Gasteiger partial charge in [-0.25, -0.2) is 4.79 Å². The maximum absolute atomic E-state index is 12.0. The van der Waals surface area contributed by atoms with E-state index in [0.717, 1.165) is 30.9 Å². The molecule has 0 bridgehead atoms. The molecule has 134 valence electrons. The Hall–Kier alpha value is -1.79. The Labute approximate surface area is 145 Å². The lowest BCUT2D eigenvalue weighted by Crippen LogP contribution is -2.55. The van der Waals surface area contributed by atoms with Crippen molar-refractivity contribution in [2.45, 2.75) is 26.0 Å². The minimum atomic E-state index is -0.142. The summed E-state index contributed by atoms with van der Waals surface area (Å²) in [5, 5.41) is 5.84. The third kappa shape index (κ3) is 5.69. The monoisotopic (exact) mass is 334 g/mol. The standard InChI is InChI=1S/C18H30N4O2/c1-14-7-5-6-8-17(14)24-15(2)11-19-18(23)20-12-16-13-21(3)9-10-22(16)4/h5-8,15-16H,9-13H2,1-4H3,(H2,19,20,23)/t15-,16-/m1/s1. The van der Waals surface area contributed by atoms with Crippen LogP contribution in [-0.2, 0) is 0 Å². The van der Waals surface area contributed by atoms with Crippen molar-refractivity contribution >= 4 is 6.03 Å². The highest BCUT2D eigenvalue weighted by molar-refractivity contribution is 5.73. The average Bonchev–Trinajstić information content (AvgIpc) is 2.56. The van der Waals surface area contributed by atoms with Gasteiger partial charge in [0.15, 0.2) is 0 Å². The summed E-state index contributed by atoms with van der Waals surface area (Å²) in [5.74, 6) is 0.860. The fourth-order valence-electron chi connectivity index (χ4n) is 2.78. The lowest BCUT2D eigenvalue weighted by Gasteiger charge is -2.37. The van der Waals surface area contributed by atoms with Crippen LogP contribution in [0.5, 0.6) is 5.75 Å². The van der Waals surface area contributed by atoms with Gasteiger partial charge in [-0.15, -0.1) is 0 Å². The third-order valence-electron chi connectivity index (χ3n) is 4.45. The fraction of sp³-hybridized carbons (Fsp3) is 0.611. The maximum atomic E-state index is 12.0. The predicted molar refractivity (Wildman–Crippen MR) is 96.6 cm³/mol. The molecule has 1 saturated heterocycles. The molecule has 0 unspecified atom stereocenters. The second-order valence-electron chi connectivity index (χ2n) is 6.68. The van der Waals surface area contributed by atoms with Crippen molar-refractivity contribution in [3.05, 3.63) is 29.8 Å². The number of aryl methyl sites for hydroxylation is 1. The number of nitrogens with one attached hydrogen (secondary N) is 2. The molecule has 0 radical (unpaired) electrons. The Morgan fingerprint density at radius 2 is 2.04 bits per heavy atom. The van der Waals surface area contributed by atoms with Crippen LogP contribution >= 0.6 is 0 Å². The predicted octanol–water partition coefficient (Wildman–Crippen LogP) is 1.31. The number of piperazine rings is 1. The molecule has 1 heterocycles. The molecule has 1 aliphatic rings. The molecule has 1 fully saturated rings.